The molecule has 1 fully saturated rings. The third-order valence-corrected chi connectivity index (χ3v) is 5.59. The van der Waals surface area contributed by atoms with Crippen LogP contribution >= 0.6 is 0 Å². The van der Waals surface area contributed by atoms with Gasteiger partial charge in [0.25, 0.3) is 10.0 Å². The van der Waals surface area contributed by atoms with Crippen molar-refractivity contribution in [3.05, 3.63) is 48.3 Å². The normalized spacial score (nSPS) is 15.0. The van der Waals surface area contributed by atoms with Crippen LogP contribution in [0.15, 0.2) is 47.4 Å². The number of halogens is 1. The number of sulfonamides is 1. The van der Waals surface area contributed by atoms with Gasteiger partial charge >= 0.3 is 0 Å². The number of rotatable bonds is 5. The summed E-state index contributed by atoms with van der Waals surface area (Å²) in [6.45, 7) is 0.540. The smallest absolute Gasteiger partial charge is 0.264 e. The predicted molar refractivity (Wildman–Crippen MR) is 96.4 cm³/mol. The molecule has 0 bridgehead atoms. The van der Waals surface area contributed by atoms with E-state index in [-0.39, 0.29) is 11.6 Å². The Balaban J connectivity index is 1.95. The minimum atomic E-state index is -4.09. The van der Waals surface area contributed by atoms with Crippen LogP contribution in [0, 0.1) is 5.82 Å². The molecule has 0 radical (unpaired) electrons. The summed E-state index contributed by atoms with van der Waals surface area (Å²) in [5, 5.41) is 0. The highest BCUT2D eigenvalue weighted by Crippen LogP contribution is 2.34. The number of nitrogens with zero attached hydrogens (tertiary/aromatic N) is 1. The Morgan fingerprint density at radius 1 is 1.15 bits per heavy atom. The number of amides is 1. The molecule has 2 aromatic carbocycles. The lowest BCUT2D eigenvalue weighted by Crippen LogP contribution is -2.35. The minimum absolute atomic E-state index is 0.0383. The standard InChI is InChI=1S/C18H19FN2O4S/c1-25-16-10-9-13(12-15(16)21-11-5-4-8-18(21)22)20-26(23,24)17-7-3-2-6-14(17)19/h2-3,6-7,9-10,12,20H,4-5,8,11H2,1H3. The van der Waals surface area contributed by atoms with Gasteiger partial charge in [0.2, 0.25) is 5.91 Å². The van der Waals surface area contributed by atoms with Gasteiger partial charge in [-0.15, -0.1) is 0 Å². The lowest BCUT2D eigenvalue weighted by Gasteiger charge is -2.28. The number of carbonyl (C=O) groups is 1. The van der Waals surface area contributed by atoms with E-state index in [1.165, 1.54) is 37.4 Å². The Morgan fingerprint density at radius 2 is 1.92 bits per heavy atom. The summed E-state index contributed by atoms with van der Waals surface area (Å²) in [5.41, 5.74) is 0.716. The van der Waals surface area contributed by atoms with E-state index in [1.807, 2.05) is 0 Å². The Kier molecular flexibility index (Phi) is 5.13. The van der Waals surface area contributed by atoms with E-state index >= 15 is 0 Å². The van der Waals surface area contributed by atoms with Crippen molar-refractivity contribution in [1.82, 2.24) is 0 Å². The van der Waals surface area contributed by atoms with Gasteiger partial charge in [-0.2, -0.15) is 0 Å². The summed E-state index contributed by atoms with van der Waals surface area (Å²) in [6, 6.07) is 9.76. The fourth-order valence-corrected chi connectivity index (χ4v) is 4.03. The zero-order valence-electron chi connectivity index (χ0n) is 14.2. The molecule has 0 aliphatic carbocycles. The second-order valence-electron chi connectivity index (χ2n) is 5.93. The highest BCUT2D eigenvalue weighted by molar-refractivity contribution is 7.92. The van der Waals surface area contributed by atoms with Gasteiger partial charge in [0, 0.05) is 13.0 Å². The van der Waals surface area contributed by atoms with Crippen LogP contribution in [0.4, 0.5) is 15.8 Å². The number of benzene rings is 2. The maximum atomic E-state index is 13.8. The summed E-state index contributed by atoms with van der Waals surface area (Å²) >= 11 is 0. The second kappa shape index (κ2) is 7.33. The monoisotopic (exact) mass is 378 g/mol. The Hall–Kier alpha value is -2.61. The quantitative estimate of drug-likeness (QED) is 0.867. The average Bonchev–Trinajstić information content (AvgIpc) is 2.62. The van der Waals surface area contributed by atoms with Crippen molar-refractivity contribution in [3.63, 3.8) is 0 Å². The van der Waals surface area contributed by atoms with Crippen molar-refractivity contribution in [1.29, 1.82) is 0 Å². The number of nitrogens with one attached hydrogen (secondary N) is 1. The number of methoxy groups -OCH3 is 1. The molecule has 1 heterocycles. The Bertz CT molecular complexity index is 931. The van der Waals surface area contributed by atoms with E-state index in [0.29, 0.717) is 24.4 Å². The van der Waals surface area contributed by atoms with Crippen LogP contribution < -0.4 is 14.4 Å². The minimum Gasteiger partial charge on any atom is -0.495 e. The van der Waals surface area contributed by atoms with Crippen molar-refractivity contribution < 1.29 is 22.3 Å². The van der Waals surface area contributed by atoms with E-state index < -0.39 is 20.7 Å². The first-order valence-corrected chi connectivity index (χ1v) is 9.66. The number of anilines is 2. The summed E-state index contributed by atoms with van der Waals surface area (Å²) in [7, 11) is -2.61. The van der Waals surface area contributed by atoms with E-state index in [2.05, 4.69) is 4.72 Å². The molecule has 1 aliphatic heterocycles. The van der Waals surface area contributed by atoms with Crippen LogP contribution in [0.5, 0.6) is 5.75 Å². The first-order chi connectivity index (χ1) is 12.4. The Morgan fingerprint density at radius 3 is 2.62 bits per heavy atom. The average molecular weight is 378 g/mol. The molecule has 0 atom stereocenters. The highest BCUT2D eigenvalue weighted by atomic mass is 32.2. The van der Waals surface area contributed by atoms with Gasteiger partial charge in [0.1, 0.15) is 16.5 Å². The molecule has 26 heavy (non-hydrogen) atoms. The molecule has 1 amide bonds. The summed E-state index contributed by atoms with van der Waals surface area (Å²) in [4.78, 5) is 13.4. The maximum Gasteiger partial charge on any atom is 0.264 e. The van der Waals surface area contributed by atoms with Gasteiger partial charge in [-0.3, -0.25) is 9.52 Å². The van der Waals surface area contributed by atoms with Crippen LogP contribution in [0.25, 0.3) is 0 Å². The molecule has 0 spiro atoms. The SMILES string of the molecule is COc1ccc(NS(=O)(=O)c2ccccc2F)cc1N1CCCCC1=O. The lowest BCUT2D eigenvalue weighted by atomic mass is 10.1. The van der Waals surface area contributed by atoms with Crippen LogP contribution in [-0.4, -0.2) is 28.0 Å². The number of carbonyl (C=O) groups excluding carboxylic acids is 1. The molecule has 1 N–H and O–H groups in total. The summed E-state index contributed by atoms with van der Waals surface area (Å²) in [5.74, 6) is -0.405. The maximum absolute atomic E-state index is 13.8. The zero-order chi connectivity index (χ0) is 18.7. The molecule has 138 valence electrons. The van der Waals surface area contributed by atoms with Gasteiger partial charge in [0.05, 0.1) is 18.5 Å². The Labute approximate surface area is 151 Å². The van der Waals surface area contributed by atoms with Gasteiger partial charge in [0.15, 0.2) is 0 Å². The number of ether oxygens (including phenoxy) is 1. The molecular weight excluding hydrogens is 359 g/mol. The van der Waals surface area contributed by atoms with E-state index in [1.54, 1.807) is 11.0 Å². The topological polar surface area (TPSA) is 75.7 Å². The van der Waals surface area contributed by atoms with E-state index in [9.17, 15) is 17.6 Å². The van der Waals surface area contributed by atoms with E-state index in [0.717, 1.165) is 18.9 Å². The van der Waals surface area contributed by atoms with Crippen molar-refractivity contribution in [2.24, 2.45) is 0 Å². The van der Waals surface area contributed by atoms with Crippen LogP contribution in [0.3, 0.4) is 0 Å². The molecule has 8 heteroatoms. The molecule has 2 aromatic rings. The van der Waals surface area contributed by atoms with Crippen LogP contribution in [-0.2, 0) is 14.8 Å². The predicted octanol–water partition coefficient (Wildman–Crippen LogP) is 3.15. The van der Waals surface area contributed by atoms with Gasteiger partial charge in [-0.25, -0.2) is 12.8 Å². The van der Waals surface area contributed by atoms with Crippen molar-refractivity contribution in [2.75, 3.05) is 23.3 Å². The molecule has 3 rings (SSSR count). The highest BCUT2D eigenvalue weighted by Gasteiger charge is 2.24. The largest absolute Gasteiger partial charge is 0.495 e. The molecule has 1 saturated heterocycles. The van der Waals surface area contributed by atoms with Gasteiger partial charge in [-0.1, -0.05) is 12.1 Å². The molecular formula is C18H19FN2O4S. The van der Waals surface area contributed by atoms with Crippen LogP contribution in [0.1, 0.15) is 19.3 Å². The van der Waals surface area contributed by atoms with Gasteiger partial charge < -0.3 is 9.64 Å². The van der Waals surface area contributed by atoms with Crippen molar-refractivity contribution >= 4 is 27.3 Å². The fraction of sp³-hybridized carbons (Fsp3) is 0.278. The zero-order valence-corrected chi connectivity index (χ0v) is 15.1. The number of hydrogen-bond donors (Lipinski definition) is 1. The molecule has 6 nitrogen and oxygen atoms in total. The fourth-order valence-electron chi connectivity index (χ4n) is 2.90. The third-order valence-electron chi connectivity index (χ3n) is 4.17. The van der Waals surface area contributed by atoms with E-state index in [4.69, 9.17) is 4.74 Å². The molecule has 0 aromatic heterocycles. The molecule has 0 unspecified atom stereocenters. The van der Waals surface area contributed by atoms with Crippen LogP contribution in [0.2, 0.25) is 0 Å². The molecule has 1 aliphatic rings. The number of piperidine rings is 1. The summed E-state index contributed by atoms with van der Waals surface area (Å²) < 4.78 is 46.4. The van der Waals surface area contributed by atoms with Crippen molar-refractivity contribution in [2.45, 2.75) is 24.2 Å². The first-order valence-electron chi connectivity index (χ1n) is 8.18. The van der Waals surface area contributed by atoms with Crippen molar-refractivity contribution in [3.8, 4) is 5.75 Å². The number of hydrogen-bond acceptors (Lipinski definition) is 4. The second-order valence-corrected chi connectivity index (χ2v) is 7.58. The third kappa shape index (κ3) is 3.65. The van der Waals surface area contributed by atoms with Gasteiger partial charge in [-0.05, 0) is 43.2 Å². The summed E-state index contributed by atoms with van der Waals surface area (Å²) in [6.07, 6.45) is 2.13. The molecule has 0 saturated carbocycles. The first kappa shape index (κ1) is 18.2. The lowest BCUT2D eigenvalue weighted by molar-refractivity contribution is -0.119.